The van der Waals surface area contributed by atoms with E-state index in [1.54, 1.807) is 18.2 Å². The standard InChI is InChI=1S/C6H5NO2.C3H6O2/c8-7(9)6-4-2-1-3-5-6;1-3(4)5-2/h1-5H;1-2H3. The molecule has 0 spiro atoms. The smallest absolute Gasteiger partial charge is 0.302 e. The molecular formula is C9H11NO4. The van der Waals surface area contributed by atoms with Crippen LogP contribution in [0.4, 0.5) is 5.69 Å². The largest absolute Gasteiger partial charge is 0.469 e. The van der Waals surface area contributed by atoms with Crippen molar-refractivity contribution in [1.29, 1.82) is 0 Å². The lowest BCUT2D eigenvalue weighted by atomic mass is 10.3. The molecule has 0 amide bonds. The Kier molecular flexibility index (Phi) is 5.69. The normalized spacial score (nSPS) is 8.14. The van der Waals surface area contributed by atoms with E-state index in [1.807, 2.05) is 0 Å². The molecule has 0 heterocycles. The van der Waals surface area contributed by atoms with Gasteiger partial charge in [-0.3, -0.25) is 14.9 Å². The van der Waals surface area contributed by atoms with Crippen molar-refractivity contribution in [3.63, 3.8) is 0 Å². The number of ether oxygens (including phenoxy) is 1. The van der Waals surface area contributed by atoms with Crippen LogP contribution in [0.1, 0.15) is 6.92 Å². The maximum absolute atomic E-state index is 10.0. The minimum atomic E-state index is -0.417. The van der Waals surface area contributed by atoms with Crippen LogP contribution in [-0.4, -0.2) is 18.0 Å². The Hall–Kier alpha value is -1.91. The van der Waals surface area contributed by atoms with E-state index in [9.17, 15) is 14.9 Å². The van der Waals surface area contributed by atoms with Crippen LogP contribution < -0.4 is 0 Å². The summed E-state index contributed by atoms with van der Waals surface area (Å²) in [5.41, 5.74) is 0.137. The summed E-state index contributed by atoms with van der Waals surface area (Å²) in [6.45, 7) is 1.36. The predicted octanol–water partition coefficient (Wildman–Crippen LogP) is 1.77. The minimum Gasteiger partial charge on any atom is -0.469 e. The van der Waals surface area contributed by atoms with Gasteiger partial charge in [-0.15, -0.1) is 0 Å². The summed E-state index contributed by atoms with van der Waals surface area (Å²) < 4.78 is 4.11. The Morgan fingerprint density at radius 3 is 2.00 bits per heavy atom. The van der Waals surface area contributed by atoms with E-state index in [-0.39, 0.29) is 11.7 Å². The number of methoxy groups -OCH3 is 1. The number of carbonyl (C=O) groups excluding carboxylic acids is 1. The number of nitrogens with zero attached hydrogens (tertiary/aromatic N) is 1. The van der Waals surface area contributed by atoms with E-state index in [0.717, 1.165) is 0 Å². The molecule has 0 N–H and O–H groups in total. The number of hydrogen-bond donors (Lipinski definition) is 0. The van der Waals surface area contributed by atoms with Gasteiger partial charge in [-0.1, -0.05) is 18.2 Å². The lowest BCUT2D eigenvalue weighted by molar-refractivity contribution is -0.384. The Balaban J connectivity index is 0.000000292. The van der Waals surface area contributed by atoms with Crippen molar-refractivity contribution in [2.75, 3.05) is 7.11 Å². The van der Waals surface area contributed by atoms with Gasteiger partial charge in [0.2, 0.25) is 0 Å². The molecular weight excluding hydrogens is 186 g/mol. The Labute approximate surface area is 81.5 Å². The zero-order valence-electron chi connectivity index (χ0n) is 7.97. The van der Waals surface area contributed by atoms with Crippen LogP contribution in [-0.2, 0) is 9.53 Å². The third-order valence-electron chi connectivity index (χ3n) is 1.25. The number of nitro groups is 1. The van der Waals surface area contributed by atoms with Crippen molar-refractivity contribution in [3.05, 3.63) is 40.4 Å². The van der Waals surface area contributed by atoms with E-state index in [1.165, 1.54) is 26.2 Å². The minimum absolute atomic E-state index is 0.137. The average Bonchev–Trinajstić information content (AvgIpc) is 2.20. The van der Waals surface area contributed by atoms with Crippen LogP contribution in [0.2, 0.25) is 0 Å². The molecule has 0 radical (unpaired) electrons. The topological polar surface area (TPSA) is 69.4 Å². The third-order valence-corrected chi connectivity index (χ3v) is 1.25. The molecule has 0 aliphatic rings. The van der Waals surface area contributed by atoms with Crippen LogP contribution in [0, 0.1) is 10.1 Å². The summed E-state index contributed by atoms with van der Waals surface area (Å²) in [5.74, 6) is -0.245. The number of rotatable bonds is 1. The number of carbonyl (C=O) groups is 1. The molecule has 0 bridgehead atoms. The average molecular weight is 197 g/mol. The molecule has 1 aromatic rings. The van der Waals surface area contributed by atoms with Crippen LogP contribution in [0.5, 0.6) is 0 Å². The van der Waals surface area contributed by atoms with Crippen molar-refractivity contribution in [3.8, 4) is 0 Å². The molecule has 0 fully saturated rings. The number of benzene rings is 1. The summed E-state index contributed by atoms with van der Waals surface area (Å²) >= 11 is 0. The van der Waals surface area contributed by atoms with Gasteiger partial charge in [0.25, 0.3) is 5.69 Å². The fraction of sp³-hybridized carbons (Fsp3) is 0.222. The van der Waals surface area contributed by atoms with Gasteiger partial charge in [0.15, 0.2) is 0 Å². The fourth-order valence-corrected chi connectivity index (χ4v) is 0.550. The van der Waals surface area contributed by atoms with E-state index < -0.39 is 4.92 Å². The van der Waals surface area contributed by atoms with Crippen LogP contribution in [0.3, 0.4) is 0 Å². The second-order valence-corrected chi connectivity index (χ2v) is 2.29. The highest BCUT2D eigenvalue weighted by Gasteiger charge is 1.98. The summed E-state index contributed by atoms with van der Waals surface area (Å²) in [6.07, 6.45) is 0. The molecule has 0 atom stereocenters. The molecule has 14 heavy (non-hydrogen) atoms. The Morgan fingerprint density at radius 1 is 1.36 bits per heavy atom. The van der Waals surface area contributed by atoms with Gasteiger partial charge < -0.3 is 4.74 Å². The molecule has 76 valence electrons. The van der Waals surface area contributed by atoms with Gasteiger partial charge in [0.05, 0.1) is 12.0 Å². The first-order valence-corrected chi connectivity index (χ1v) is 3.82. The highest BCUT2D eigenvalue weighted by molar-refractivity contribution is 5.65. The van der Waals surface area contributed by atoms with Gasteiger partial charge in [0, 0.05) is 19.1 Å². The quantitative estimate of drug-likeness (QED) is 0.391. The highest BCUT2D eigenvalue weighted by atomic mass is 16.6. The molecule has 0 aromatic heterocycles. The number of non-ortho nitro benzene ring substituents is 1. The summed E-state index contributed by atoms with van der Waals surface area (Å²) in [5, 5.41) is 10.0. The SMILES string of the molecule is COC(C)=O.O=[N+]([O-])c1ccccc1. The highest BCUT2D eigenvalue weighted by Crippen LogP contribution is 2.06. The monoisotopic (exact) mass is 197 g/mol. The van der Waals surface area contributed by atoms with Crippen molar-refractivity contribution in [2.24, 2.45) is 0 Å². The molecule has 0 unspecified atom stereocenters. The molecule has 5 heteroatoms. The van der Waals surface area contributed by atoms with Gasteiger partial charge in [-0.25, -0.2) is 0 Å². The van der Waals surface area contributed by atoms with Gasteiger partial charge in [0.1, 0.15) is 0 Å². The summed E-state index contributed by atoms with van der Waals surface area (Å²) in [4.78, 5) is 19.2. The first-order valence-electron chi connectivity index (χ1n) is 3.82. The maximum Gasteiger partial charge on any atom is 0.302 e. The van der Waals surface area contributed by atoms with Crippen LogP contribution >= 0.6 is 0 Å². The Bertz CT molecular complexity index is 297. The van der Waals surface area contributed by atoms with Crippen LogP contribution in [0.25, 0.3) is 0 Å². The second kappa shape index (κ2) is 6.59. The molecule has 0 aliphatic carbocycles. The van der Waals surface area contributed by atoms with Gasteiger partial charge >= 0.3 is 5.97 Å². The number of esters is 1. The molecule has 1 aromatic carbocycles. The van der Waals surface area contributed by atoms with E-state index in [4.69, 9.17) is 0 Å². The zero-order valence-corrected chi connectivity index (χ0v) is 7.97. The number of hydrogen-bond acceptors (Lipinski definition) is 4. The number of para-hydroxylation sites is 1. The van der Waals surface area contributed by atoms with Gasteiger partial charge in [-0.05, 0) is 0 Å². The molecule has 1 rings (SSSR count). The summed E-state index contributed by atoms with van der Waals surface area (Å²) in [7, 11) is 1.35. The molecule has 0 saturated carbocycles. The van der Waals surface area contributed by atoms with E-state index in [2.05, 4.69) is 4.74 Å². The molecule has 0 saturated heterocycles. The van der Waals surface area contributed by atoms with Crippen molar-refractivity contribution >= 4 is 11.7 Å². The van der Waals surface area contributed by atoms with Crippen molar-refractivity contribution in [2.45, 2.75) is 6.92 Å². The molecule has 0 aliphatic heterocycles. The first kappa shape index (κ1) is 12.1. The maximum atomic E-state index is 10.0. The Morgan fingerprint density at radius 2 is 1.79 bits per heavy atom. The zero-order chi connectivity index (χ0) is 11.0. The first-order chi connectivity index (χ1) is 6.57. The third kappa shape index (κ3) is 5.70. The van der Waals surface area contributed by atoms with E-state index >= 15 is 0 Å². The fourth-order valence-electron chi connectivity index (χ4n) is 0.550. The number of nitro benzene ring substituents is 1. The van der Waals surface area contributed by atoms with Crippen molar-refractivity contribution in [1.82, 2.24) is 0 Å². The lowest BCUT2D eigenvalue weighted by Crippen LogP contribution is -1.88. The second-order valence-electron chi connectivity index (χ2n) is 2.29. The molecule has 5 nitrogen and oxygen atoms in total. The predicted molar refractivity (Wildman–Crippen MR) is 50.8 cm³/mol. The van der Waals surface area contributed by atoms with Gasteiger partial charge in [-0.2, -0.15) is 0 Å². The lowest BCUT2D eigenvalue weighted by Gasteiger charge is -1.85. The summed E-state index contributed by atoms with van der Waals surface area (Å²) in [6, 6.07) is 7.93. The van der Waals surface area contributed by atoms with Crippen molar-refractivity contribution < 1.29 is 14.5 Å². The van der Waals surface area contributed by atoms with Crippen LogP contribution in [0.15, 0.2) is 30.3 Å². The van der Waals surface area contributed by atoms with E-state index in [0.29, 0.717) is 0 Å².